The molecule has 2 N–H and O–H groups in total. The van der Waals surface area contributed by atoms with Crippen LogP contribution in [0.2, 0.25) is 0 Å². The van der Waals surface area contributed by atoms with Crippen LogP contribution in [0.5, 0.6) is 28.7 Å². The highest BCUT2D eigenvalue weighted by Crippen LogP contribution is 2.35. The molecule has 0 radical (unpaired) electrons. The SMILES string of the molecule is COc1cc(OC)c(/C=C/C(=O)Nc2ccc(OC)c(OCCCC(=O)O)c2)c(OC)c1. The molecule has 9 heteroatoms. The molecule has 0 unspecified atom stereocenters. The van der Waals surface area contributed by atoms with E-state index in [2.05, 4.69) is 5.32 Å². The number of aliphatic carboxylic acids is 1. The first-order valence-electron chi connectivity index (χ1n) is 9.73. The quantitative estimate of drug-likeness (QED) is 0.376. The van der Waals surface area contributed by atoms with Gasteiger partial charge in [-0.1, -0.05) is 0 Å². The molecule has 0 bridgehead atoms. The second kappa shape index (κ2) is 12.1. The maximum absolute atomic E-state index is 12.5. The number of hydrogen-bond acceptors (Lipinski definition) is 7. The Morgan fingerprint density at radius 1 is 0.906 bits per heavy atom. The molecule has 172 valence electrons. The van der Waals surface area contributed by atoms with Crippen molar-refractivity contribution < 1.29 is 38.4 Å². The third-order valence-electron chi connectivity index (χ3n) is 4.38. The van der Waals surface area contributed by atoms with Crippen molar-refractivity contribution in [3.63, 3.8) is 0 Å². The summed E-state index contributed by atoms with van der Waals surface area (Å²) in [7, 11) is 6.06. The molecular formula is C23H27NO8. The average Bonchev–Trinajstić information content (AvgIpc) is 2.79. The maximum atomic E-state index is 12.5. The molecule has 0 aliphatic carbocycles. The van der Waals surface area contributed by atoms with Gasteiger partial charge in [0.2, 0.25) is 5.91 Å². The van der Waals surface area contributed by atoms with Crippen LogP contribution in [0.4, 0.5) is 5.69 Å². The Bertz CT molecular complexity index is 945. The van der Waals surface area contributed by atoms with E-state index >= 15 is 0 Å². The van der Waals surface area contributed by atoms with E-state index in [0.717, 1.165) is 0 Å². The average molecular weight is 445 g/mol. The minimum absolute atomic E-state index is 0.00181. The minimum Gasteiger partial charge on any atom is -0.496 e. The first kappa shape index (κ1) is 24.4. The first-order valence-corrected chi connectivity index (χ1v) is 9.73. The largest absolute Gasteiger partial charge is 0.496 e. The van der Waals surface area contributed by atoms with Crippen molar-refractivity contribution in [2.75, 3.05) is 40.4 Å². The predicted molar refractivity (Wildman–Crippen MR) is 119 cm³/mol. The van der Waals surface area contributed by atoms with Crippen LogP contribution in [-0.4, -0.2) is 52.0 Å². The molecule has 0 saturated carbocycles. The molecule has 2 aromatic rings. The molecule has 0 aliphatic heterocycles. The number of methoxy groups -OCH3 is 4. The number of benzene rings is 2. The summed E-state index contributed by atoms with van der Waals surface area (Å²) in [5.74, 6) is 1.15. The van der Waals surface area contributed by atoms with Crippen LogP contribution in [0.15, 0.2) is 36.4 Å². The highest BCUT2D eigenvalue weighted by Gasteiger charge is 2.12. The summed E-state index contributed by atoms with van der Waals surface area (Å²) in [6.45, 7) is 0.205. The molecule has 9 nitrogen and oxygen atoms in total. The molecule has 0 heterocycles. The van der Waals surface area contributed by atoms with Crippen molar-refractivity contribution in [2.45, 2.75) is 12.8 Å². The standard InChI is InChI=1S/C23H27NO8/c1-28-16-13-19(30-3)17(20(14-16)31-4)8-10-22(25)24-15-7-9-18(29-2)21(12-15)32-11-5-6-23(26)27/h7-10,12-14H,5-6,11H2,1-4H3,(H,24,25)(H,26,27)/b10-8+. The molecule has 0 aliphatic rings. The lowest BCUT2D eigenvalue weighted by molar-refractivity contribution is -0.137. The third kappa shape index (κ3) is 6.83. The van der Waals surface area contributed by atoms with E-state index in [9.17, 15) is 9.59 Å². The van der Waals surface area contributed by atoms with E-state index in [-0.39, 0.29) is 18.9 Å². The lowest BCUT2D eigenvalue weighted by Gasteiger charge is -2.13. The molecular weight excluding hydrogens is 418 g/mol. The molecule has 32 heavy (non-hydrogen) atoms. The van der Waals surface area contributed by atoms with Gasteiger partial charge in [0.1, 0.15) is 17.2 Å². The summed E-state index contributed by atoms with van der Waals surface area (Å²) in [5, 5.41) is 11.5. The molecule has 0 saturated heterocycles. The molecule has 1 amide bonds. The van der Waals surface area contributed by atoms with Crippen molar-refractivity contribution in [1.29, 1.82) is 0 Å². The number of hydrogen-bond donors (Lipinski definition) is 2. The molecule has 0 atom stereocenters. The van der Waals surface area contributed by atoms with Crippen LogP contribution >= 0.6 is 0 Å². The monoisotopic (exact) mass is 445 g/mol. The van der Waals surface area contributed by atoms with Crippen LogP contribution in [0.3, 0.4) is 0 Å². The van der Waals surface area contributed by atoms with Crippen LogP contribution in [-0.2, 0) is 9.59 Å². The van der Waals surface area contributed by atoms with Gasteiger partial charge in [0.25, 0.3) is 0 Å². The predicted octanol–water partition coefficient (Wildman–Crippen LogP) is 3.62. The van der Waals surface area contributed by atoms with E-state index in [1.165, 1.54) is 34.5 Å². The second-order valence-corrected chi connectivity index (χ2v) is 6.48. The Morgan fingerprint density at radius 3 is 2.12 bits per heavy atom. The number of carbonyl (C=O) groups is 2. The fourth-order valence-corrected chi connectivity index (χ4v) is 2.81. The number of carboxylic acid groups (broad SMARTS) is 1. The molecule has 2 rings (SSSR count). The number of carbonyl (C=O) groups excluding carboxylic acids is 1. The maximum Gasteiger partial charge on any atom is 0.303 e. The van der Waals surface area contributed by atoms with Crippen molar-refractivity contribution >= 4 is 23.6 Å². The van der Waals surface area contributed by atoms with E-state index in [0.29, 0.717) is 46.4 Å². The van der Waals surface area contributed by atoms with Crippen molar-refractivity contribution in [3.05, 3.63) is 42.0 Å². The summed E-state index contributed by atoms with van der Waals surface area (Å²) in [5.41, 5.74) is 1.07. The van der Waals surface area contributed by atoms with Gasteiger partial charge in [0.05, 0.1) is 40.6 Å². The smallest absolute Gasteiger partial charge is 0.303 e. The number of anilines is 1. The van der Waals surface area contributed by atoms with Crippen molar-refractivity contribution in [3.8, 4) is 28.7 Å². The van der Waals surface area contributed by atoms with Gasteiger partial charge in [-0.15, -0.1) is 0 Å². The van der Waals surface area contributed by atoms with E-state index in [4.69, 9.17) is 28.8 Å². The summed E-state index contributed by atoms with van der Waals surface area (Å²) in [6.07, 6.45) is 3.29. The molecule has 0 spiro atoms. The number of rotatable bonds is 12. The van der Waals surface area contributed by atoms with Crippen LogP contribution in [0.1, 0.15) is 18.4 Å². The lowest BCUT2D eigenvalue weighted by Crippen LogP contribution is -2.09. The molecule has 0 aromatic heterocycles. The summed E-state index contributed by atoms with van der Waals surface area (Å²) >= 11 is 0. The fraction of sp³-hybridized carbons (Fsp3) is 0.304. The number of carboxylic acids is 1. The Labute approximate surface area is 186 Å². The van der Waals surface area contributed by atoms with Gasteiger partial charge in [-0.3, -0.25) is 9.59 Å². The molecule has 0 fully saturated rings. The van der Waals surface area contributed by atoms with E-state index in [1.54, 1.807) is 36.4 Å². The zero-order valence-corrected chi connectivity index (χ0v) is 18.5. The topological polar surface area (TPSA) is 113 Å². The zero-order chi connectivity index (χ0) is 23.5. The van der Waals surface area contributed by atoms with Gasteiger partial charge in [0, 0.05) is 36.4 Å². The Kier molecular flexibility index (Phi) is 9.22. The van der Waals surface area contributed by atoms with Gasteiger partial charge >= 0.3 is 5.97 Å². The first-order chi connectivity index (χ1) is 15.4. The Morgan fingerprint density at radius 2 is 1.56 bits per heavy atom. The lowest BCUT2D eigenvalue weighted by atomic mass is 10.1. The minimum atomic E-state index is -0.890. The van der Waals surface area contributed by atoms with Gasteiger partial charge in [-0.05, 0) is 24.6 Å². The summed E-state index contributed by atoms with van der Waals surface area (Å²) < 4.78 is 26.8. The Hall–Kier alpha value is -3.88. The highest BCUT2D eigenvalue weighted by molar-refractivity contribution is 6.02. The number of ether oxygens (including phenoxy) is 5. The summed E-state index contributed by atoms with van der Waals surface area (Å²) in [4.78, 5) is 23.1. The summed E-state index contributed by atoms with van der Waals surface area (Å²) in [6, 6.07) is 8.32. The normalized spacial score (nSPS) is 10.5. The zero-order valence-electron chi connectivity index (χ0n) is 18.5. The van der Waals surface area contributed by atoms with Crippen LogP contribution < -0.4 is 29.0 Å². The van der Waals surface area contributed by atoms with E-state index in [1.807, 2.05) is 0 Å². The molecule has 2 aromatic carbocycles. The van der Waals surface area contributed by atoms with Crippen molar-refractivity contribution in [1.82, 2.24) is 0 Å². The van der Waals surface area contributed by atoms with Crippen LogP contribution in [0, 0.1) is 0 Å². The number of amides is 1. The van der Waals surface area contributed by atoms with E-state index < -0.39 is 5.97 Å². The van der Waals surface area contributed by atoms with Gasteiger partial charge < -0.3 is 34.1 Å². The number of nitrogens with one attached hydrogen (secondary N) is 1. The van der Waals surface area contributed by atoms with Gasteiger partial charge in [0.15, 0.2) is 11.5 Å². The Balaban J connectivity index is 2.13. The van der Waals surface area contributed by atoms with Crippen molar-refractivity contribution in [2.24, 2.45) is 0 Å². The van der Waals surface area contributed by atoms with Gasteiger partial charge in [-0.25, -0.2) is 0 Å². The fourth-order valence-electron chi connectivity index (χ4n) is 2.81. The second-order valence-electron chi connectivity index (χ2n) is 6.48. The highest BCUT2D eigenvalue weighted by atomic mass is 16.5. The third-order valence-corrected chi connectivity index (χ3v) is 4.38. The van der Waals surface area contributed by atoms with Crippen LogP contribution in [0.25, 0.3) is 6.08 Å². The van der Waals surface area contributed by atoms with Gasteiger partial charge in [-0.2, -0.15) is 0 Å².